The van der Waals surface area contributed by atoms with Gasteiger partial charge in [0.25, 0.3) is 0 Å². The van der Waals surface area contributed by atoms with E-state index in [-0.39, 0.29) is 11.9 Å². The standard InChI is InChI=1S/C9H11NO/c1-7-4-3-5-9(6-7)10-8(2)11/h3-4,6,9H,1-2H3,(H,10,11)/p+1. The summed E-state index contributed by atoms with van der Waals surface area (Å²) in [7, 11) is 0. The molecule has 0 spiro atoms. The summed E-state index contributed by atoms with van der Waals surface area (Å²) in [4.78, 5) is 10.7. The van der Waals surface area contributed by atoms with Crippen molar-refractivity contribution in [2.75, 3.05) is 0 Å². The van der Waals surface area contributed by atoms with Crippen LogP contribution in [0.25, 0.3) is 0 Å². The number of hydrogen-bond acceptors (Lipinski definition) is 1. The number of carbonyl (C=O) groups is 1. The maximum absolute atomic E-state index is 10.7. The van der Waals surface area contributed by atoms with Gasteiger partial charge in [0, 0.05) is 0 Å². The van der Waals surface area contributed by atoms with Gasteiger partial charge >= 0.3 is 5.91 Å². The van der Waals surface area contributed by atoms with Crippen LogP contribution in [0.5, 0.6) is 0 Å². The van der Waals surface area contributed by atoms with E-state index in [4.69, 9.17) is 0 Å². The van der Waals surface area contributed by atoms with Gasteiger partial charge < -0.3 is 0 Å². The van der Waals surface area contributed by atoms with Crippen molar-refractivity contribution in [3.8, 4) is 0 Å². The fraction of sp³-hybridized carbons (Fsp3) is 0.333. The summed E-state index contributed by atoms with van der Waals surface area (Å²) in [5.41, 5.74) is 1.19. The quantitative estimate of drug-likeness (QED) is 0.563. The Morgan fingerprint density at radius 3 is 3.00 bits per heavy atom. The molecule has 58 valence electrons. The first-order valence-electron chi connectivity index (χ1n) is 3.65. The number of allylic oxidation sites excluding steroid dienone is 2. The van der Waals surface area contributed by atoms with E-state index in [1.54, 1.807) is 12.2 Å². The summed E-state index contributed by atoms with van der Waals surface area (Å²) in [6.07, 6.45) is 8.90. The fourth-order valence-corrected chi connectivity index (χ4v) is 1.03. The van der Waals surface area contributed by atoms with E-state index < -0.39 is 0 Å². The second-order valence-electron chi connectivity index (χ2n) is 2.71. The zero-order valence-electron chi connectivity index (χ0n) is 6.79. The Hall–Kier alpha value is -0.890. The summed E-state index contributed by atoms with van der Waals surface area (Å²) in [5, 5.41) is 1.66. The highest BCUT2D eigenvalue weighted by Crippen LogP contribution is 2.05. The predicted octanol–water partition coefficient (Wildman–Crippen LogP) is 0.0623. The highest BCUT2D eigenvalue weighted by Gasteiger charge is 2.12. The maximum Gasteiger partial charge on any atom is 0.307 e. The van der Waals surface area contributed by atoms with Crippen LogP contribution in [0.3, 0.4) is 0 Å². The first-order valence-corrected chi connectivity index (χ1v) is 3.65. The first-order chi connectivity index (χ1) is 5.18. The van der Waals surface area contributed by atoms with E-state index in [0.717, 1.165) is 0 Å². The molecule has 1 amide bonds. The molecule has 0 aromatic carbocycles. The highest BCUT2D eigenvalue weighted by atomic mass is 16.1. The summed E-state index contributed by atoms with van der Waals surface area (Å²) in [6, 6.07) is 0.0810. The van der Waals surface area contributed by atoms with Gasteiger partial charge in [-0.3, -0.25) is 5.32 Å². The van der Waals surface area contributed by atoms with Crippen molar-refractivity contribution in [1.29, 1.82) is 0 Å². The number of quaternary nitrogens is 1. The predicted molar refractivity (Wildman–Crippen MR) is 42.5 cm³/mol. The molecule has 0 aliphatic heterocycles. The molecule has 0 aromatic heterocycles. The van der Waals surface area contributed by atoms with Crippen LogP contribution in [0.4, 0.5) is 0 Å². The molecule has 0 aromatic rings. The van der Waals surface area contributed by atoms with E-state index in [9.17, 15) is 4.79 Å². The largest absolute Gasteiger partial charge is 0.307 e. The van der Waals surface area contributed by atoms with E-state index >= 15 is 0 Å². The van der Waals surface area contributed by atoms with Gasteiger partial charge in [-0.1, -0.05) is 12.2 Å². The minimum absolute atomic E-state index is 0.0810. The van der Waals surface area contributed by atoms with Crippen LogP contribution in [-0.4, -0.2) is 11.9 Å². The van der Waals surface area contributed by atoms with Crippen LogP contribution >= 0.6 is 0 Å². The van der Waals surface area contributed by atoms with Crippen molar-refractivity contribution < 1.29 is 10.1 Å². The topological polar surface area (TPSA) is 33.7 Å². The van der Waals surface area contributed by atoms with E-state index in [2.05, 4.69) is 6.42 Å². The second kappa shape index (κ2) is 3.49. The lowest BCUT2D eigenvalue weighted by molar-refractivity contribution is -0.585. The van der Waals surface area contributed by atoms with Gasteiger partial charge in [0.1, 0.15) is 6.04 Å². The molecule has 1 aliphatic carbocycles. The lowest BCUT2D eigenvalue weighted by Gasteiger charge is -2.09. The fourth-order valence-electron chi connectivity index (χ4n) is 1.03. The Morgan fingerprint density at radius 2 is 2.45 bits per heavy atom. The van der Waals surface area contributed by atoms with Crippen molar-refractivity contribution in [2.24, 2.45) is 0 Å². The molecular weight excluding hydrogens is 138 g/mol. The van der Waals surface area contributed by atoms with Crippen molar-refractivity contribution in [3.05, 3.63) is 30.2 Å². The van der Waals surface area contributed by atoms with Crippen LogP contribution in [0.1, 0.15) is 13.8 Å². The SMILES string of the molecule is CC(=O)[NH2+]C1[C]C=CC(C)=C1. The van der Waals surface area contributed by atoms with Crippen molar-refractivity contribution in [2.45, 2.75) is 19.9 Å². The molecule has 0 saturated carbocycles. The van der Waals surface area contributed by atoms with Gasteiger partial charge in [-0.2, -0.15) is 0 Å². The van der Waals surface area contributed by atoms with Gasteiger partial charge in [0.05, 0.1) is 13.3 Å². The third kappa shape index (κ3) is 2.68. The number of rotatable bonds is 1. The molecule has 0 saturated heterocycles. The Morgan fingerprint density at radius 1 is 1.73 bits per heavy atom. The highest BCUT2D eigenvalue weighted by molar-refractivity contribution is 5.62. The van der Waals surface area contributed by atoms with Crippen LogP contribution in [-0.2, 0) is 4.79 Å². The zero-order valence-corrected chi connectivity index (χ0v) is 6.79. The molecule has 1 rings (SSSR count). The number of carbonyl (C=O) groups excluding carboxylic acids is 1. The van der Waals surface area contributed by atoms with Crippen LogP contribution < -0.4 is 5.32 Å². The zero-order chi connectivity index (χ0) is 8.27. The first kappa shape index (κ1) is 8.21. The molecule has 2 heteroatoms. The number of nitrogens with two attached hydrogens (primary N) is 1. The molecular formula is C9H12NO+. The molecule has 2 N–H and O–H groups in total. The minimum atomic E-state index is 0.0810. The van der Waals surface area contributed by atoms with Gasteiger partial charge in [-0.15, -0.1) is 0 Å². The monoisotopic (exact) mass is 150 g/mol. The van der Waals surface area contributed by atoms with Gasteiger partial charge in [-0.25, -0.2) is 4.79 Å². The summed E-state index contributed by atoms with van der Waals surface area (Å²) < 4.78 is 0. The van der Waals surface area contributed by atoms with E-state index in [1.807, 2.05) is 25.2 Å². The molecule has 2 nitrogen and oxygen atoms in total. The molecule has 0 heterocycles. The van der Waals surface area contributed by atoms with Crippen LogP contribution in [0.2, 0.25) is 0 Å². The number of primary amides is 1. The number of amides is 1. The molecule has 11 heavy (non-hydrogen) atoms. The van der Waals surface area contributed by atoms with Crippen molar-refractivity contribution in [1.82, 2.24) is 0 Å². The summed E-state index contributed by atoms with van der Waals surface area (Å²) >= 11 is 0. The molecule has 0 bridgehead atoms. The van der Waals surface area contributed by atoms with Crippen LogP contribution in [0, 0.1) is 6.42 Å². The minimum Gasteiger partial charge on any atom is -0.277 e. The third-order valence-corrected chi connectivity index (χ3v) is 1.49. The maximum atomic E-state index is 10.7. The lowest BCUT2D eigenvalue weighted by Crippen LogP contribution is -2.92. The van der Waals surface area contributed by atoms with E-state index in [0.29, 0.717) is 0 Å². The Bertz CT molecular complexity index is 216. The normalized spacial score (nSPS) is 23.1. The van der Waals surface area contributed by atoms with Crippen LogP contribution in [0.15, 0.2) is 23.8 Å². The molecule has 2 radical (unpaired) electrons. The smallest absolute Gasteiger partial charge is 0.277 e. The Kier molecular flexibility index (Phi) is 2.60. The molecule has 1 atom stereocenters. The summed E-state index contributed by atoms with van der Waals surface area (Å²) in [6.45, 7) is 3.57. The van der Waals surface area contributed by atoms with Gasteiger partial charge in [0.2, 0.25) is 0 Å². The average molecular weight is 150 g/mol. The Labute approximate surface area is 67.0 Å². The third-order valence-electron chi connectivity index (χ3n) is 1.49. The summed E-state index contributed by atoms with van der Waals surface area (Å²) in [5.74, 6) is 0.0989. The second-order valence-corrected chi connectivity index (χ2v) is 2.71. The molecule has 1 aliphatic rings. The van der Waals surface area contributed by atoms with Gasteiger partial charge in [-0.05, 0) is 18.6 Å². The number of hydrogen-bond donors (Lipinski definition) is 1. The van der Waals surface area contributed by atoms with E-state index in [1.165, 1.54) is 5.57 Å². The average Bonchev–Trinajstić information content (AvgIpc) is 1.85. The molecule has 1 unspecified atom stereocenters. The van der Waals surface area contributed by atoms with Crippen molar-refractivity contribution in [3.63, 3.8) is 0 Å². The Balaban J connectivity index is 2.50. The molecule has 0 fully saturated rings. The van der Waals surface area contributed by atoms with Gasteiger partial charge in [0.15, 0.2) is 0 Å². The van der Waals surface area contributed by atoms with Crippen molar-refractivity contribution >= 4 is 5.91 Å². The lowest BCUT2D eigenvalue weighted by atomic mass is 10.0.